The molecule has 1 aromatic heterocycles. The summed E-state index contributed by atoms with van der Waals surface area (Å²) in [6.45, 7) is 4.47. The van der Waals surface area contributed by atoms with Crippen molar-refractivity contribution < 1.29 is 0 Å². The summed E-state index contributed by atoms with van der Waals surface area (Å²) in [6, 6.07) is 13.8. The van der Waals surface area contributed by atoms with Gasteiger partial charge in [-0.05, 0) is 43.2 Å². The van der Waals surface area contributed by atoms with Crippen LogP contribution in [0, 0.1) is 13.8 Å². The van der Waals surface area contributed by atoms with Crippen molar-refractivity contribution in [3.8, 4) is 16.9 Å². The highest BCUT2D eigenvalue weighted by atomic mass is 35.5. The Kier molecular flexibility index (Phi) is 3.96. The Bertz CT molecular complexity index is 823. The molecule has 0 atom stereocenters. The highest BCUT2D eigenvalue weighted by molar-refractivity contribution is 6.33. The minimum atomic E-state index is 0.311. The van der Waals surface area contributed by atoms with Gasteiger partial charge in [0.1, 0.15) is 11.4 Å². The summed E-state index contributed by atoms with van der Waals surface area (Å²) in [4.78, 5) is 0. The monoisotopic (exact) mass is 312 g/mol. The Hall–Kier alpha value is -2.17. The van der Waals surface area contributed by atoms with Gasteiger partial charge >= 0.3 is 0 Å². The third kappa shape index (κ3) is 2.51. The van der Waals surface area contributed by atoms with Gasteiger partial charge < -0.3 is 5.73 Å². The van der Waals surface area contributed by atoms with Crippen LogP contribution < -0.4 is 5.73 Å². The standard InChI is InChI=1S/C17H17ClN4/c1-11-7-8-13(9-12(11)2)22-17(16(10-19)20-21-22)14-5-3-4-6-15(14)18/h3-9H,10,19H2,1-2H3. The van der Waals surface area contributed by atoms with E-state index < -0.39 is 0 Å². The fraction of sp³-hybridized carbons (Fsp3) is 0.176. The summed E-state index contributed by atoms with van der Waals surface area (Å²) in [5.41, 5.74) is 11.7. The van der Waals surface area contributed by atoms with Crippen LogP contribution in [-0.2, 0) is 6.54 Å². The number of rotatable bonds is 3. The molecule has 22 heavy (non-hydrogen) atoms. The van der Waals surface area contributed by atoms with Crippen LogP contribution in [0.5, 0.6) is 0 Å². The summed E-state index contributed by atoms with van der Waals surface area (Å²) in [5, 5.41) is 9.14. The van der Waals surface area contributed by atoms with Crippen LogP contribution in [0.2, 0.25) is 5.02 Å². The highest BCUT2D eigenvalue weighted by Crippen LogP contribution is 2.31. The smallest absolute Gasteiger partial charge is 0.105 e. The number of aromatic nitrogens is 3. The molecule has 0 bridgehead atoms. The first kappa shape index (κ1) is 14.8. The molecule has 2 N–H and O–H groups in total. The SMILES string of the molecule is Cc1ccc(-n2nnc(CN)c2-c2ccccc2Cl)cc1C. The second-order valence-corrected chi connectivity index (χ2v) is 5.66. The largest absolute Gasteiger partial charge is 0.325 e. The zero-order valence-electron chi connectivity index (χ0n) is 12.5. The van der Waals surface area contributed by atoms with E-state index in [-0.39, 0.29) is 0 Å². The van der Waals surface area contributed by atoms with E-state index in [0.29, 0.717) is 11.6 Å². The maximum absolute atomic E-state index is 6.35. The van der Waals surface area contributed by atoms with Gasteiger partial charge in [0, 0.05) is 12.1 Å². The van der Waals surface area contributed by atoms with Crippen molar-refractivity contribution >= 4 is 11.6 Å². The van der Waals surface area contributed by atoms with E-state index in [4.69, 9.17) is 17.3 Å². The summed E-state index contributed by atoms with van der Waals surface area (Å²) < 4.78 is 1.80. The van der Waals surface area contributed by atoms with Gasteiger partial charge in [0.2, 0.25) is 0 Å². The van der Waals surface area contributed by atoms with Gasteiger partial charge in [-0.25, -0.2) is 4.68 Å². The first-order valence-corrected chi connectivity index (χ1v) is 7.46. The molecule has 112 valence electrons. The molecule has 5 heteroatoms. The van der Waals surface area contributed by atoms with E-state index in [2.05, 4.69) is 36.3 Å². The summed E-state index contributed by atoms with van der Waals surface area (Å²) in [5.74, 6) is 0. The van der Waals surface area contributed by atoms with Gasteiger partial charge in [-0.2, -0.15) is 0 Å². The zero-order valence-corrected chi connectivity index (χ0v) is 13.3. The molecule has 4 nitrogen and oxygen atoms in total. The molecule has 0 aliphatic carbocycles. The topological polar surface area (TPSA) is 56.7 Å². The molecule has 0 aliphatic rings. The van der Waals surface area contributed by atoms with Gasteiger partial charge in [-0.3, -0.25) is 0 Å². The molecular formula is C17H17ClN4. The van der Waals surface area contributed by atoms with Crippen LogP contribution in [0.1, 0.15) is 16.8 Å². The van der Waals surface area contributed by atoms with Crippen molar-refractivity contribution in [3.63, 3.8) is 0 Å². The lowest BCUT2D eigenvalue weighted by Gasteiger charge is -2.11. The lowest BCUT2D eigenvalue weighted by Crippen LogP contribution is -2.03. The van der Waals surface area contributed by atoms with E-state index in [1.54, 1.807) is 4.68 Å². The van der Waals surface area contributed by atoms with Gasteiger partial charge in [-0.15, -0.1) is 5.10 Å². The Labute approximate surface area is 134 Å². The van der Waals surface area contributed by atoms with E-state index >= 15 is 0 Å². The molecule has 3 aromatic rings. The predicted molar refractivity (Wildman–Crippen MR) is 89.2 cm³/mol. The first-order chi connectivity index (χ1) is 10.6. The van der Waals surface area contributed by atoms with Crippen LogP contribution in [0.4, 0.5) is 0 Å². The zero-order chi connectivity index (χ0) is 15.7. The minimum absolute atomic E-state index is 0.311. The second-order valence-electron chi connectivity index (χ2n) is 5.25. The van der Waals surface area contributed by atoms with Gasteiger partial charge in [0.05, 0.1) is 10.7 Å². The average molecular weight is 313 g/mol. The summed E-state index contributed by atoms with van der Waals surface area (Å²) >= 11 is 6.35. The molecule has 0 radical (unpaired) electrons. The second kappa shape index (κ2) is 5.91. The molecule has 0 aliphatic heterocycles. The van der Waals surface area contributed by atoms with Gasteiger partial charge in [-0.1, -0.05) is 41.1 Å². The number of nitrogens with two attached hydrogens (primary N) is 1. The molecule has 3 rings (SSSR count). The molecule has 2 aromatic carbocycles. The molecule has 0 spiro atoms. The van der Waals surface area contributed by atoms with Crippen LogP contribution in [0.25, 0.3) is 16.9 Å². The van der Waals surface area contributed by atoms with E-state index in [1.807, 2.05) is 30.3 Å². The number of hydrogen-bond donors (Lipinski definition) is 1. The fourth-order valence-corrected chi connectivity index (χ4v) is 2.64. The van der Waals surface area contributed by atoms with Crippen LogP contribution in [0.15, 0.2) is 42.5 Å². The maximum atomic E-state index is 6.35. The third-order valence-electron chi connectivity index (χ3n) is 3.80. The Morgan fingerprint density at radius 1 is 1.09 bits per heavy atom. The highest BCUT2D eigenvalue weighted by Gasteiger charge is 2.17. The third-order valence-corrected chi connectivity index (χ3v) is 4.13. The minimum Gasteiger partial charge on any atom is -0.325 e. The van der Waals surface area contributed by atoms with E-state index in [9.17, 15) is 0 Å². The Morgan fingerprint density at radius 3 is 2.55 bits per heavy atom. The lowest BCUT2D eigenvalue weighted by molar-refractivity contribution is 0.799. The van der Waals surface area contributed by atoms with Crippen LogP contribution in [0.3, 0.4) is 0 Å². The lowest BCUT2D eigenvalue weighted by atomic mass is 10.1. The number of halogens is 1. The Balaban J connectivity index is 2.24. The number of nitrogens with zero attached hydrogens (tertiary/aromatic N) is 3. The van der Waals surface area contributed by atoms with E-state index in [1.165, 1.54) is 11.1 Å². The molecule has 0 fully saturated rings. The number of benzene rings is 2. The molecular weight excluding hydrogens is 296 g/mol. The number of aryl methyl sites for hydroxylation is 2. The van der Waals surface area contributed by atoms with Crippen molar-refractivity contribution in [2.75, 3.05) is 0 Å². The van der Waals surface area contributed by atoms with Crippen molar-refractivity contribution in [3.05, 3.63) is 64.3 Å². The molecule has 0 unspecified atom stereocenters. The van der Waals surface area contributed by atoms with Crippen LogP contribution in [-0.4, -0.2) is 15.0 Å². The van der Waals surface area contributed by atoms with E-state index in [0.717, 1.165) is 22.6 Å². The fourth-order valence-electron chi connectivity index (χ4n) is 2.41. The van der Waals surface area contributed by atoms with Crippen molar-refractivity contribution in [1.29, 1.82) is 0 Å². The molecule has 0 amide bonds. The normalized spacial score (nSPS) is 10.9. The molecule has 0 saturated carbocycles. The van der Waals surface area contributed by atoms with Crippen LogP contribution >= 0.6 is 11.6 Å². The van der Waals surface area contributed by atoms with Gasteiger partial charge in [0.25, 0.3) is 0 Å². The van der Waals surface area contributed by atoms with Gasteiger partial charge in [0.15, 0.2) is 0 Å². The molecule has 1 heterocycles. The predicted octanol–water partition coefficient (Wildman–Crippen LogP) is 3.66. The first-order valence-electron chi connectivity index (χ1n) is 7.09. The molecule has 0 saturated heterocycles. The number of hydrogen-bond acceptors (Lipinski definition) is 3. The average Bonchev–Trinajstić information content (AvgIpc) is 2.94. The van der Waals surface area contributed by atoms with Crippen molar-refractivity contribution in [2.45, 2.75) is 20.4 Å². The van der Waals surface area contributed by atoms with Crippen molar-refractivity contribution in [1.82, 2.24) is 15.0 Å². The summed E-state index contributed by atoms with van der Waals surface area (Å²) in [6.07, 6.45) is 0. The van der Waals surface area contributed by atoms with Crippen molar-refractivity contribution in [2.24, 2.45) is 5.73 Å². The Morgan fingerprint density at radius 2 is 1.86 bits per heavy atom. The summed E-state index contributed by atoms with van der Waals surface area (Å²) in [7, 11) is 0. The maximum Gasteiger partial charge on any atom is 0.105 e. The quantitative estimate of drug-likeness (QED) is 0.803.